The minimum atomic E-state index is -0.609. The SMILES string of the molecule is O=C1CCCCC1C(=O)Oc1cncc2ccccc12. The van der Waals surface area contributed by atoms with Gasteiger partial charge in [-0.05, 0) is 12.8 Å². The van der Waals surface area contributed by atoms with E-state index in [0.29, 0.717) is 18.6 Å². The fourth-order valence-electron chi connectivity index (χ4n) is 2.58. The molecule has 0 amide bonds. The lowest BCUT2D eigenvalue weighted by atomic mass is 9.88. The fourth-order valence-corrected chi connectivity index (χ4v) is 2.58. The van der Waals surface area contributed by atoms with Gasteiger partial charge >= 0.3 is 5.97 Å². The van der Waals surface area contributed by atoms with Crippen LogP contribution in [0.2, 0.25) is 0 Å². The maximum Gasteiger partial charge on any atom is 0.321 e. The van der Waals surface area contributed by atoms with Gasteiger partial charge in [0.2, 0.25) is 0 Å². The van der Waals surface area contributed by atoms with Crippen LogP contribution in [0.5, 0.6) is 5.75 Å². The van der Waals surface area contributed by atoms with Crippen LogP contribution in [-0.4, -0.2) is 16.7 Å². The maximum absolute atomic E-state index is 12.2. The number of carbonyl (C=O) groups is 2. The quantitative estimate of drug-likeness (QED) is 0.621. The number of fused-ring (bicyclic) bond motifs is 1. The lowest BCUT2D eigenvalue weighted by Gasteiger charge is -2.19. The van der Waals surface area contributed by atoms with Gasteiger partial charge in [0.05, 0.1) is 6.20 Å². The molecule has 1 atom stereocenters. The minimum Gasteiger partial charge on any atom is -0.424 e. The normalized spacial score (nSPS) is 19.0. The van der Waals surface area contributed by atoms with E-state index in [-0.39, 0.29) is 5.78 Å². The maximum atomic E-state index is 12.2. The molecule has 1 heterocycles. The summed E-state index contributed by atoms with van der Waals surface area (Å²) in [6.07, 6.45) is 6.09. The second kappa shape index (κ2) is 5.41. The number of aromatic nitrogens is 1. The number of nitrogens with zero attached hydrogens (tertiary/aromatic N) is 1. The van der Waals surface area contributed by atoms with Gasteiger partial charge in [-0.1, -0.05) is 30.7 Å². The van der Waals surface area contributed by atoms with Crippen molar-refractivity contribution in [3.8, 4) is 5.75 Å². The van der Waals surface area contributed by atoms with Gasteiger partial charge in [-0.3, -0.25) is 14.6 Å². The van der Waals surface area contributed by atoms with E-state index in [2.05, 4.69) is 4.98 Å². The van der Waals surface area contributed by atoms with Gasteiger partial charge in [0.1, 0.15) is 11.7 Å². The molecule has 4 heteroatoms. The van der Waals surface area contributed by atoms with Crippen molar-refractivity contribution in [2.75, 3.05) is 0 Å². The van der Waals surface area contributed by atoms with Crippen LogP contribution < -0.4 is 4.74 Å². The summed E-state index contributed by atoms with van der Waals surface area (Å²) in [5, 5.41) is 1.74. The van der Waals surface area contributed by atoms with Crippen LogP contribution in [0.25, 0.3) is 10.8 Å². The Balaban J connectivity index is 1.86. The van der Waals surface area contributed by atoms with Crippen molar-refractivity contribution in [1.29, 1.82) is 0 Å². The first-order valence-corrected chi connectivity index (χ1v) is 6.83. The molecule has 0 saturated heterocycles. The van der Waals surface area contributed by atoms with Gasteiger partial charge in [0, 0.05) is 23.4 Å². The van der Waals surface area contributed by atoms with Crippen LogP contribution >= 0.6 is 0 Å². The number of esters is 1. The summed E-state index contributed by atoms with van der Waals surface area (Å²) in [6.45, 7) is 0. The van der Waals surface area contributed by atoms with E-state index in [1.165, 1.54) is 6.20 Å². The van der Waals surface area contributed by atoms with Gasteiger partial charge in [-0.2, -0.15) is 0 Å². The molecule has 3 rings (SSSR count). The Morgan fingerprint density at radius 2 is 2.05 bits per heavy atom. The number of rotatable bonds is 2. The minimum absolute atomic E-state index is 0.00514. The average Bonchev–Trinajstić information content (AvgIpc) is 2.48. The van der Waals surface area contributed by atoms with E-state index in [0.717, 1.165) is 23.6 Å². The second-order valence-electron chi connectivity index (χ2n) is 5.04. The molecule has 1 aromatic carbocycles. The number of Topliss-reactive ketones (excluding diaryl/α,β-unsaturated/α-hetero) is 1. The summed E-state index contributed by atoms with van der Waals surface area (Å²) in [7, 11) is 0. The monoisotopic (exact) mass is 269 g/mol. The van der Waals surface area contributed by atoms with Crippen molar-refractivity contribution in [1.82, 2.24) is 4.98 Å². The molecule has 1 unspecified atom stereocenters. The summed E-state index contributed by atoms with van der Waals surface area (Å²) >= 11 is 0. The number of ketones is 1. The highest BCUT2D eigenvalue weighted by atomic mass is 16.5. The number of ether oxygens (including phenoxy) is 1. The topological polar surface area (TPSA) is 56.3 Å². The van der Waals surface area contributed by atoms with E-state index in [1.807, 2.05) is 24.3 Å². The molecule has 2 aromatic rings. The van der Waals surface area contributed by atoms with Gasteiger partial charge in [-0.25, -0.2) is 0 Å². The highest BCUT2D eigenvalue weighted by Crippen LogP contribution is 2.27. The van der Waals surface area contributed by atoms with E-state index in [9.17, 15) is 9.59 Å². The van der Waals surface area contributed by atoms with Crippen LogP contribution in [0.3, 0.4) is 0 Å². The Morgan fingerprint density at radius 1 is 1.20 bits per heavy atom. The third kappa shape index (κ3) is 2.41. The number of benzene rings is 1. The molecule has 1 aromatic heterocycles. The molecule has 102 valence electrons. The summed E-state index contributed by atoms with van der Waals surface area (Å²) in [4.78, 5) is 28.0. The largest absolute Gasteiger partial charge is 0.424 e. The Labute approximate surface area is 116 Å². The number of carbonyl (C=O) groups excluding carboxylic acids is 2. The number of pyridine rings is 1. The first kappa shape index (κ1) is 12.8. The molecule has 0 radical (unpaired) electrons. The second-order valence-corrected chi connectivity index (χ2v) is 5.04. The molecule has 1 aliphatic rings. The molecule has 0 N–H and O–H groups in total. The third-order valence-corrected chi connectivity index (χ3v) is 3.68. The van der Waals surface area contributed by atoms with Crippen molar-refractivity contribution in [2.24, 2.45) is 5.92 Å². The van der Waals surface area contributed by atoms with Crippen LogP contribution in [0.4, 0.5) is 0 Å². The molecule has 0 bridgehead atoms. The predicted molar refractivity (Wildman–Crippen MR) is 74.3 cm³/mol. The molecule has 4 nitrogen and oxygen atoms in total. The molecule has 20 heavy (non-hydrogen) atoms. The van der Waals surface area contributed by atoms with Crippen LogP contribution in [-0.2, 0) is 9.59 Å². The van der Waals surface area contributed by atoms with Gasteiger partial charge < -0.3 is 4.74 Å². The average molecular weight is 269 g/mol. The standard InChI is InChI=1S/C16H15NO3/c18-14-8-4-3-7-13(14)16(19)20-15-10-17-9-11-5-1-2-6-12(11)15/h1-2,5-6,9-10,13H,3-4,7-8H2. The summed E-state index contributed by atoms with van der Waals surface area (Å²) in [5.74, 6) is -0.642. The van der Waals surface area contributed by atoms with Crippen molar-refractivity contribution >= 4 is 22.5 Å². The highest BCUT2D eigenvalue weighted by molar-refractivity contribution is 6.01. The summed E-state index contributed by atoms with van der Waals surface area (Å²) in [5.41, 5.74) is 0. The molecule has 1 saturated carbocycles. The molecular weight excluding hydrogens is 254 g/mol. The first-order chi connectivity index (χ1) is 9.75. The fraction of sp³-hybridized carbons (Fsp3) is 0.312. The van der Waals surface area contributed by atoms with E-state index in [4.69, 9.17) is 4.74 Å². The predicted octanol–water partition coefficient (Wildman–Crippen LogP) is 2.90. The smallest absolute Gasteiger partial charge is 0.321 e. The lowest BCUT2D eigenvalue weighted by Crippen LogP contribution is -2.30. The molecule has 1 fully saturated rings. The van der Waals surface area contributed by atoms with E-state index >= 15 is 0 Å². The van der Waals surface area contributed by atoms with E-state index < -0.39 is 11.9 Å². The van der Waals surface area contributed by atoms with Gasteiger partial charge in [-0.15, -0.1) is 0 Å². The highest BCUT2D eigenvalue weighted by Gasteiger charge is 2.30. The first-order valence-electron chi connectivity index (χ1n) is 6.83. The summed E-state index contributed by atoms with van der Waals surface area (Å²) < 4.78 is 5.42. The van der Waals surface area contributed by atoms with Crippen molar-refractivity contribution < 1.29 is 14.3 Å². The van der Waals surface area contributed by atoms with Crippen LogP contribution in [0.1, 0.15) is 25.7 Å². The molecule has 0 spiro atoms. The Morgan fingerprint density at radius 3 is 2.90 bits per heavy atom. The van der Waals surface area contributed by atoms with Gasteiger partial charge in [0.15, 0.2) is 5.75 Å². The van der Waals surface area contributed by atoms with Crippen molar-refractivity contribution in [3.05, 3.63) is 36.7 Å². The van der Waals surface area contributed by atoms with Crippen molar-refractivity contribution in [3.63, 3.8) is 0 Å². The van der Waals surface area contributed by atoms with Gasteiger partial charge in [0.25, 0.3) is 0 Å². The lowest BCUT2D eigenvalue weighted by molar-refractivity contribution is -0.145. The Kier molecular flexibility index (Phi) is 3.46. The number of hydrogen-bond acceptors (Lipinski definition) is 4. The number of hydrogen-bond donors (Lipinski definition) is 0. The van der Waals surface area contributed by atoms with Crippen LogP contribution in [0, 0.1) is 5.92 Å². The van der Waals surface area contributed by atoms with Crippen molar-refractivity contribution in [2.45, 2.75) is 25.7 Å². The zero-order valence-electron chi connectivity index (χ0n) is 11.0. The molecule has 0 aliphatic heterocycles. The Hall–Kier alpha value is -2.23. The van der Waals surface area contributed by atoms with Crippen LogP contribution in [0.15, 0.2) is 36.7 Å². The zero-order chi connectivity index (χ0) is 13.9. The molecule has 1 aliphatic carbocycles. The van der Waals surface area contributed by atoms with E-state index in [1.54, 1.807) is 6.20 Å². The Bertz CT molecular complexity index is 660. The molecular formula is C16H15NO3. The third-order valence-electron chi connectivity index (χ3n) is 3.68. The summed E-state index contributed by atoms with van der Waals surface area (Å²) in [6, 6.07) is 7.57. The zero-order valence-corrected chi connectivity index (χ0v) is 11.0.